The number of aliphatic hydroxyl groups is 1. The molecule has 0 saturated carbocycles. The minimum Gasteiger partial charge on any atom is -0.384 e. The Labute approximate surface area is 225 Å². The van der Waals surface area contributed by atoms with Gasteiger partial charge in [-0.2, -0.15) is 0 Å². The van der Waals surface area contributed by atoms with Crippen LogP contribution in [0.2, 0.25) is 0 Å². The van der Waals surface area contributed by atoms with Crippen molar-refractivity contribution in [1.82, 2.24) is 10.2 Å². The van der Waals surface area contributed by atoms with E-state index in [1.165, 1.54) is 18.7 Å². The number of allylic oxidation sites excluding steroid dienone is 2. The van der Waals surface area contributed by atoms with E-state index in [0.29, 0.717) is 17.7 Å². The van der Waals surface area contributed by atoms with Crippen LogP contribution in [0.1, 0.15) is 40.7 Å². The summed E-state index contributed by atoms with van der Waals surface area (Å²) in [7, 11) is 2.12. The molecule has 10 heteroatoms. The minimum absolute atomic E-state index is 0.0493. The van der Waals surface area contributed by atoms with E-state index in [2.05, 4.69) is 44.4 Å². The fraction of sp³-hybridized carbons (Fsp3) is 0.414. The van der Waals surface area contributed by atoms with Crippen molar-refractivity contribution in [2.45, 2.75) is 37.5 Å². The molecule has 0 bridgehead atoms. The van der Waals surface area contributed by atoms with Crippen LogP contribution in [0, 0.1) is 0 Å². The Morgan fingerprint density at radius 1 is 1.13 bits per heavy atom. The molecule has 1 fully saturated rings. The Balaban J connectivity index is 1.30. The Morgan fingerprint density at radius 2 is 1.85 bits per heavy atom. The van der Waals surface area contributed by atoms with E-state index in [0.717, 1.165) is 43.0 Å². The van der Waals surface area contributed by atoms with Gasteiger partial charge < -0.3 is 25.5 Å². The highest BCUT2D eigenvalue weighted by Crippen LogP contribution is 2.36. The van der Waals surface area contributed by atoms with Gasteiger partial charge in [-0.1, -0.05) is 24.3 Å². The zero-order chi connectivity index (χ0) is 27.8. The summed E-state index contributed by atoms with van der Waals surface area (Å²) in [6, 6.07) is 13.5. The predicted molar refractivity (Wildman–Crippen MR) is 145 cm³/mol. The van der Waals surface area contributed by atoms with E-state index in [1.807, 2.05) is 18.2 Å². The van der Waals surface area contributed by atoms with Crippen molar-refractivity contribution < 1.29 is 27.8 Å². The molecular formula is C29H33F3N4O3. The summed E-state index contributed by atoms with van der Waals surface area (Å²) in [4.78, 5) is 17.2. The number of carbonyl (C=O) groups excluding carboxylic acids is 1. The summed E-state index contributed by atoms with van der Waals surface area (Å²) >= 11 is 0. The number of benzene rings is 2. The van der Waals surface area contributed by atoms with Crippen LogP contribution < -0.4 is 15.5 Å². The average molecular weight is 543 g/mol. The van der Waals surface area contributed by atoms with Gasteiger partial charge in [-0.05, 0) is 73.5 Å². The molecule has 3 aliphatic rings. The van der Waals surface area contributed by atoms with Gasteiger partial charge in [-0.3, -0.25) is 9.53 Å². The molecule has 1 saturated heterocycles. The van der Waals surface area contributed by atoms with Gasteiger partial charge in [0, 0.05) is 55.6 Å². The van der Waals surface area contributed by atoms with Crippen LogP contribution in [0.25, 0.3) is 5.57 Å². The zero-order valence-electron chi connectivity index (χ0n) is 22.0. The number of ether oxygens (including phenoxy) is 1. The fourth-order valence-corrected chi connectivity index (χ4v) is 5.31. The molecule has 5 rings (SSSR count). The number of nitrogens with zero attached hydrogens (tertiary/aromatic N) is 2. The molecule has 3 atom stereocenters. The van der Waals surface area contributed by atoms with Crippen LogP contribution in [-0.4, -0.2) is 73.9 Å². The minimum atomic E-state index is -4.73. The lowest BCUT2D eigenvalue weighted by Crippen LogP contribution is -2.46. The second-order valence-corrected chi connectivity index (χ2v) is 10.6. The Hall–Kier alpha value is -3.34. The molecule has 2 aromatic rings. The molecule has 208 valence electrons. The molecule has 1 aliphatic carbocycles. The van der Waals surface area contributed by atoms with Gasteiger partial charge >= 0.3 is 6.36 Å². The molecule has 3 unspecified atom stereocenters. The third kappa shape index (κ3) is 6.29. The van der Waals surface area contributed by atoms with Crippen molar-refractivity contribution >= 4 is 22.9 Å². The van der Waals surface area contributed by atoms with Gasteiger partial charge in [-0.25, -0.2) is 0 Å². The lowest BCUT2D eigenvalue weighted by atomic mass is 9.84. The number of alkyl halides is 3. The molecule has 2 aromatic carbocycles. The highest BCUT2D eigenvalue weighted by Gasteiger charge is 2.39. The summed E-state index contributed by atoms with van der Waals surface area (Å²) in [5.74, 6) is -0.793. The SMILES string of the molecule is CN1CCN(c2ccc(NCC3c4cc(C5=CCC(C)(OC(F)(F)F)C=C5)ccc4C(=O)NC3O)cc2)CC1. The number of fused-ring (bicyclic) bond motifs is 1. The highest BCUT2D eigenvalue weighted by molar-refractivity contribution is 5.98. The third-order valence-electron chi connectivity index (χ3n) is 7.64. The van der Waals surface area contributed by atoms with Gasteiger partial charge in [-0.15, -0.1) is 13.2 Å². The third-order valence-corrected chi connectivity index (χ3v) is 7.64. The van der Waals surface area contributed by atoms with Gasteiger partial charge in [0.25, 0.3) is 5.91 Å². The van der Waals surface area contributed by atoms with Gasteiger partial charge in [0.2, 0.25) is 0 Å². The maximum absolute atomic E-state index is 12.8. The van der Waals surface area contributed by atoms with E-state index in [9.17, 15) is 23.1 Å². The first-order valence-corrected chi connectivity index (χ1v) is 13.1. The van der Waals surface area contributed by atoms with Crippen molar-refractivity contribution in [1.29, 1.82) is 0 Å². The largest absolute Gasteiger partial charge is 0.523 e. The Morgan fingerprint density at radius 3 is 2.49 bits per heavy atom. The highest BCUT2D eigenvalue weighted by atomic mass is 19.4. The standard InChI is InChI=1S/C29H33F3N4O3/c1-28(39-29(30,31)32)11-9-19(10-12-28)20-3-8-23-24(17-20)25(27(38)34-26(23)37)18-33-21-4-6-22(7-5-21)36-15-13-35(2)14-16-36/h3-11,17,25,27,33,38H,12-16,18H2,1-2H3,(H,34,37). The average Bonchev–Trinajstić information content (AvgIpc) is 2.88. The molecule has 2 heterocycles. The number of piperazine rings is 1. The number of anilines is 2. The summed E-state index contributed by atoms with van der Waals surface area (Å²) in [5, 5.41) is 16.7. The number of hydrogen-bond acceptors (Lipinski definition) is 6. The first kappa shape index (κ1) is 27.2. The maximum atomic E-state index is 12.8. The number of carbonyl (C=O) groups is 1. The molecule has 7 nitrogen and oxygen atoms in total. The van der Waals surface area contributed by atoms with E-state index in [4.69, 9.17) is 0 Å². The molecule has 3 N–H and O–H groups in total. The van der Waals surface area contributed by atoms with Gasteiger partial charge in [0.05, 0.1) is 5.60 Å². The van der Waals surface area contributed by atoms with Crippen molar-refractivity contribution in [3.63, 3.8) is 0 Å². The van der Waals surface area contributed by atoms with Crippen molar-refractivity contribution in [2.24, 2.45) is 0 Å². The second-order valence-electron chi connectivity index (χ2n) is 10.6. The molecule has 39 heavy (non-hydrogen) atoms. The summed E-state index contributed by atoms with van der Waals surface area (Å²) in [5.41, 5.74) is 3.22. The normalized spacial score (nSPS) is 25.6. The Bertz CT molecular complexity index is 1270. The quantitative estimate of drug-likeness (QED) is 0.505. The van der Waals surface area contributed by atoms with Crippen molar-refractivity contribution in [3.8, 4) is 0 Å². The molecule has 0 spiro atoms. The number of amides is 1. The molecule has 0 aromatic heterocycles. The molecule has 1 amide bonds. The Kier molecular flexibility index (Phi) is 7.45. The topological polar surface area (TPSA) is 77.1 Å². The van der Waals surface area contributed by atoms with Crippen LogP contribution in [0.15, 0.2) is 60.7 Å². The number of hydrogen-bond donors (Lipinski definition) is 3. The van der Waals surface area contributed by atoms with Crippen LogP contribution in [-0.2, 0) is 4.74 Å². The zero-order valence-corrected chi connectivity index (χ0v) is 22.0. The van der Waals surface area contributed by atoms with E-state index >= 15 is 0 Å². The second kappa shape index (κ2) is 10.7. The fourth-order valence-electron chi connectivity index (χ4n) is 5.31. The molecular weight excluding hydrogens is 509 g/mol. The first-order chi connectivity index (χ1) is 18.5. The van der Waals surface area contributed by atoms with Crippen LogP contribution in [0.5, 0.6) is 0 Å². The first-order valence-electron chi connectivity index (χ1n) is 13.1. The van der Waals surface area contributed by atoms with Crippen LogP contribution >= 0.6 is 0 Å². The lowest BCUT2D eigenvalue weighted by Gasteiger charge is -2.34. The molecule has 0 radical (unpaired) electrons. The smallest absolute Gasteiger partial charge is 0.384 e. The number of nitrogens with one attached hydrogen (secondary N) is 2. The van der Waals surface area contributed by atoms with E-state index in [1.54, 1.807) is 24.3 Å². The van der Waals surface area contributed by atoms with Crippen LogP contribution in [0.3, 0.4) is 0 Å². The van der Waals surface area contributed by atoms with Gasteiger partial charge in [0.1, 0.15) is 6.23 Å². The maximum Gasteiger partial charge on any atom is 0.523 e. The van der Waals surface area contributed by atoms with Crippen LogP contribution in [0.4, 0.5) is 24.5 Å². The predicted octanol–water partition coefficient (Wildman–Crippen LogP) is 4.33. The van der Waals surface area contributed by atoms with Crippen molar-refractivity contribution in [2.75, 3.05) is 50.0 Å². The van der Waals surface area contributed by atoms with E-state index < -0.39 is 24.1 Å². The number of rotatable bonds is 6. The number of likely N-dealkylation sites (N-methyl/N-ethyl adjacent to an activating group) is 1. The lowest BCUT2D eigenvalue weighted by molar-refractivity contribution is -0.355. The number of aliphatic hydroxyl groups excluding tert-OH is 1. The summed E-state index contributed by atoms with van der Waals surface area (Å²) in [6.07, 6.45) is -1.06. The molecule has 2 aliphatic heterocycles. The summed E-state index contributed by atoms with van der Waals surface area (Å²) < 4.78 is 42.6. The van der Waals surface area contributed by atoms with Gasteiger partial charge in [0.15, 0.2) is 0 Å². The van der Waals surface area contributed by atoms with E-state index in [-0.39, 0.29) is 12.3 Å². The number of halogens is 3. The van der Waals surface area contributed by atoms with Crippen molar-refractivity contribution in [3.05, 3.63) is 77.4 Å². The summed E-state index contributed by atoms with van der Waals surface area (Å²) in [6.45, 7) is 5.78. The monoisotopic (exact) mass is 542 g/mol.